The van der Waals surface area contributed by atoms with Crippen LogP contribution in [0.25, 0.3) is 11.1 Å². The lowest BCUT2D eigenvalue weighted by Crippen LogP contribution is -2.32. The predicted octanol–water partition coefficient (Wildman–Crippen LogP) is 4.81. The molecule has 0 aromatic heterocycles. The first kappa shape index (κ1) is 28.3. The fourth-order valence-electron chi connectivity index (χ4n) is 4.40. The quantitative estimate of drug-likeness (QED) is 0.193. The van der Waals surface area contributed by atoms with Gasteiger partial charge in [-0.3, -0.25) is 4.79 Å². The van der Waals surface area contributed by atoms with E-state index in [0.29, 0.717) is 70.7 Å². The van der Waals surface area contributed by atoms with Gasteiger partial charge in [-0.25, -0.2) is 4.79 Å². The normalized spacial score (nSPS) is 12.0. The number of nitrogens with zero attached hydrogens (tertiary/aromatic N) is 1. The van der Waals surface area contributed by atoms with Gasteiger partial charge in [-0.2, -0.15) is 0 Å². The van der Waals surface area contributed by atoms with Gasteiger partial charge in [0.1, 0.15) is 25.2 Å². The molecule has 39 heavy (non-hydrogen) atoms. The van der Waals surface area contributed by atoms with Crippen molar-refractivity contribution in [1.82, 2.24) is 4.90 Å². The van der Waals surface area contributed by atoms with Crippen LogP contribution in [0.4, 0.5) is 4.79 Å². The van der Waals surface area contributed by atoms with Gasteiger partial charge in [-0.15, -0.1) is 0 Å². The molecule has 0 aliphatic heterocycles. The fraction of sp³-hybridized carbons (Fsp3) is 0.355. The lowest BCUT2D eigenvalue weighted by Gasteiger charge is -2.19. The lowest BCUT2D eigenvalue weighted by molar-refractivity contribution is 0.00655. The van der Waals surface area contributed by atoms with E-state index in [-0.39, 0.29) is 12.0 Å². The van der Waals surface area contributed by atoms with Crippen LogP contribution in [0.3, 0.4) is 0 Å². The molecule has 8 nitrogen and oxygen atoms in total. The SMILES string of the molecule is CN(CCOCCOCCOCCOc1ccc(C=O)cc1)C(=O)OCC1c2ccccc2-c2ccccc21. The Kier molecular flexibility index (Phi) is 10.9. The Morgan fingerprint density at radius 1 is 0.744 bits per heavy atom. The van der Waals surface area contributed by atoms with Crippen molar-refractivity contribution in [3.63, 3.8) is 0 Å². The van der Waals surface area contributed by atoms with Gasteiger partial charge in [-0.05, 0) is 46.5 Å². The standard InChI is InChI=1S/C31H35NO7/c1-32(31(34)39-23-30-28-8-4-2-6-26(28)27-7-3-5-9-29(27)30)14-15-35-16-17-36-18-19-37-20-21-38-25-12-10-24(22-33)11-13-25/h2-13,22,30H,14-21,23H2,1H3. The average Bonchev–Trinajstić information content (AvgIpc) is 3.30. The average molecular weight is 534 g/mol. The van der Waals surface area contributed by atoms with E-state index in [9.17, 15) is 9.59 Å². The van der Waals surface area contributed by atoms with Crippen LogP contribution >= 0.6 is 0 Å². The minimum absolute atomic E-state index is 0.0428. The van der Waals surface area contributed by atoms with E-state index in [1.54, 1.807) is 31.3 Å². The molecule has 0 saturated carbocycles. The second-order valence-corrected chi connectivity index (χ2v) is 9.10. The van der Waals surface area contributed by atoms with E-state index >= 15 is 0 Å². The zero-order valence-electron chi connectivity index (χ0n) is 22.3. The van der Waals surface area contributed by atoms with Crippen molar-refractivity contribution in [1.29, 1.82) is 0 Å². The summed E-state index contributed by atoms with van der Waals surface area (Å²) in [6, 6.07) is 23.5. The summed E-state index contributed by atoms with van der Waals surface area (Å²) in [4.78, 5) is 24.7. The summed E-state index contributed by atoms with van der Waals surface area (Å²) >= 11 is 0. The van der Waals surface area contributed by atoms with E-state index in [2.05, 4.69) is 24.3 Å². The van der Waals surface area contributed by atoms with Crippen LogP contribution in [0.15, 0.2) is 72.8 Å². The highest BCUT2D eigenvalue weighted by Crippen LogP contribution is 2.44. The number of benzene rings is 3. The van der Waals surface area contributed by atoms with Crippen LogP contribution in [-0.4, -0.2) is 83.7 Å². The van der Waals surface area contributed by atoms with E-state index < -0.39 is 0 Å². The summed E-state index contributed by atoms with van der Waals surface area (Å²) < 4.78 is 27.8. The largest absolute Gasteiger partial charge is 0.491 e. The summed E-state index contributed by atoms with van der Waals surface area (Å²) in [5, 5.41) is 0. The number of amides is 1. The number of likely N-dealkylation sites (N-methyl/N-ethyl adjacent to an activating group) is 1. The summed E-state index contributed by atoms with van der Waals surface area (Å²) in [7, 11) is 1.71. The third-order valence-electron chi connectivity index (χ3n) is 6.48. The van der Waals surface area contributed by atoms with Gasteiger partial charge < -0.3 is 28.6 Å². The van der Waals surface area contributed by atoms with Crippen LogP contribution in [0, 0.1) is 0 Å². The first-order valence-corrected chi connectivity index (χ1v) is 13.1. The number of hydrogen-bond donors (Lipinski definition) is 0. The highest BCUT2D eigenvalue weighted by molar-refractivity contribution is 5.79. The Balaban J connectivity index is 1.01. The number of hydrogen-bond acceptors (Lipinski definition) is 7. The maximum atomic E-state index is 12.5. The van der Waals surface area contributed by atoms with Gasteiger partial charge in [-0.1, -0.05) is 48.5 Å². The van der Waals surface area contributed by atoms with Crippen molar-refractivity contribution in [3.8, 4) is 16.9 Å². The van der Waals surface area contributed by atoms with Gasteiger partial charge in [0, 0.05) is 25.1 Å². The Morgan fingerprint density at radius 2 is 1.28 bits per heavy atom. The monoisotopic (exact) mass is 533 g/mol. The molecule has 0 spiro atoms. The minimum atomic E-state index is -0.365. The first-order chi connectivity index (χ1) is 19.2. The lowest BCUT2D eigenvalue weighted by atomic mass is 9.98. The molecule has 0 bridgehead atoms. The number of ether oxygens (including phenoxy) is 5. The zero-order valence-corrected chi connectivity index (χ0v) is 22.3. The third kappa shape index (κ3) is 8.13. The summed E-state index contributed by atoms with van der Waals surface area (Å²) in [6.07, 6.45) is 0.430. The summed E-state index contributed by atoms with van der Waals surface area (Å²) in [5.41, 5.74) is 5.41. The van der Waals surface area contributed by atoms with Crippen molar-refractivity contribution in [2.45, 2.75) is 5.92 Å². The van der Waals surface area contributed by atoms with Crippen LogP contribution in [-0.2, 0) is 18.9 Å². The van der Waals surface area contributed by atoms with Crippen LogP contribution in [0.2, 0.25) is 0 Å². The van der Waals surface area contributed by atoms with Gasteiger partial charge in [0.05, 0.1) is 39.6 Å². The smallest absolute Gasteiger partial charge is 0.409 e. The maximum Gasteiger partial charge on any atom is 0.409 e. The molecular formula is C31H35NO7. The van der Waals surface area contributed by atoms with Crippen LogP contribution < -0.4 is 4.74 Å². The van der Waals surface area contributed by atoms with Crippen molar-refractivity contribution < 1.29 is 33.3 Å². The Bertz CT molecular complexity index is 1150. The highest BCUT2D eigenvalue weighted by atomic mass is 16.6. The molecule has 1 aliphatic carbocycles. The van der Waals surface area contributed by atoms with E-state index in [0.717, 1.165) is 6.29 Å². The molecule has 0 fully saturated rings. The number of fused-ring (bicyclic) bond motifs is 3. The highest BCUT2D eigenvalue weighted by Gasteiger charge is 2.29. The molecule has 206 valence electrons. The second kappa shape index (κ2) is 15.0. The maximum absolute atomic E-state index is 12.5. The van der Waals surface area contributed by atoms with Gasteiger partial charge in [0.15, 0.2) is 0 Å². The topological polar surface area (TPSA) is 83.5 Å². The predicted molar refractivity (Wildman–Crippen MR) is 147 cm³/mol. The molecule has 4 rings (SSSR count). The van der Waals surface area contributed by atoms with Gasteiger partial charge in [0.2, 0.25) is 0 Å². The summed E-state index contributed by atoms with van der Waals surface area (Å²) in [6.45, 7) is 3.77. The van der Waals surface area contributed by atoms with Crippen molar-refractivity contribution in [3.05, 3.63) is 89.5 Å². The molecule has 8 heteroatoms. The zero-order chi connectivity index (χ0) is 27.3. The summed E-state index contributed by atoms with van der Waals surface area (Å²) in [5.74, 6) is 0.739. The van der Waals surface area contributed by atoms with E-state index in [1.165, 1.54) is 27.2 Å². The molecule has 0 N–H and O–H groups in total. The fourth-order valence-corrected chi connectivity index (χ4v) is 4.40. The number of carbonyl (C=O) groups excluding carboxylic acids is 2. The van der Waals surface area contributed by atoms with Gasteiger partial charge in [0.25, 0.3) is 0 Å². The van der Waals surface area contributed by atoms with Crippen molar-refractivity contribution in [2.75, 3.05) is 66.4 Å². The molecule has 0 unspecified atom stereocenters. The number of carbonyl (C=O) groups is 2. The van der Waals surface area contributed by atoms with E-state index in [1.807, 2.05) is 24.3 Å². The molecule has 0 radical (unpaired) electrons. The minimum Gasteiger partial charge on any atom is -0.491 e. The molecule has 1 aliphatic rings. The third-order valence-corrected chi connectivity index (χ3v) is 6.48. The van der Waals surface area contributed by atoms with E-state index in [4.69, 9.17) is 23.7 Å². The van der Waals surface area contributed by atoms with Crippen molar-refractivity contribution >= 4 is 12.4 Å². The number of rotatable bonds is 16. The van der Waals surface area contributed by atoms with Crippen molar-refractivity contribution in [2.24, 2.45) is 0 Å². The molecule has 3 aromatic rings. The Labute approximate surface area is 229 Å². The number of aldehydes is 1. The van der Waals surface area contributed by atoms with Crippen LogP contribution in [0.5, 0.6) is 5.75 Å². The Morgan fingerprint density at radius 3 is 1.87 bits per heavy atom. The molecule has 0 heterocycles. The first-order valence-electron chi connectivity index (χ1n) is 13.1. The van der Waals surface area contributed by atoms with Gasteiger partial charge >= 0.3 is 6.09 Å². The molecule has 0 saturated heterocycles. The second-order valence-electron chi connectivity index (χ2n) is 9.10. The Hall–Kier alpha value is -3.72. The molecular weight excluding hydrogens is 498 g/mol. The molecule has 0 atom stereocenters. The van der Waals surface area contributed by atoms with Crippen LogP contribution in [0.1, 0.15) is 27.4 Å². The molecule has 1 amide bonds. The molecule has 3 aromatic carbocycles.